The number of phenols is 1. The molecule has 2 bridgehead atoms. The second-order valence-electron chi connectivity index (χ2n) is 13.0. The van der Waals surface area contributed by atoms with Gasteiger partial charge in [-0.25, -0.2) is 4.90 Å². The molecule has 6 heteroatoms. The smallest absolute Gasteiger partial charge is 0.309 e. The number of amides is 2. The molecule has 0 unspecified atom stereocenters. The zero-order chi connectivity index (χ0) is 25.8. The van der Waals surface area contributed by atoms with E-state index in [4.69, 9.17) is 0 Å². The van der Waals surface area contributed by atoms with Crippen molar-refractivity contribution in [3.63, 3.8) is 0 Å². The third kappa shape index (κ3) is 2.76. The number of rotatable bonds is 3. The summed E-state index contributed by atoms with van der Waals surface area (Å²) in [5.41, 5.74) is 0.366. The minimum atomic E-state index is -0.752. The third-order valence-corrected chi connectivity index (χ3v) is 11.2. The number of aromatic hydroxyl groups is 1. The average Bonchev–Trinajstić information content (AvgIpc) is 3.10. The first-order valence-corrected chi connectivity index (χ1v) is 13.6. The number of hydrogen-bond donors (Lipinski definition) is 2. The molecule has 5 aliphatic carbocycles. The number of nitrogens with zero attached hydrogens (tertiary/aromatic N) is 1. The topological polar surface area (TPSA) is 94.9 Å². The van der Waals surface area contributed by atoms with Gasteiger partial charge in [-0.15, -0.1) is 0 Å². The maximum Gasteiger partial charge on any atom is 0.309 e. The van der Waals surface area contributed by atoms with Crippen LogP contribution in [0.4, 0.5) is 5.69 Å². The summed E-state index contributed by atoms with van der Waals surface area (Å²) in [6.07, 6.45) is 7.30. The van der Waals surface area contributed by atoms with Gasteiger partial charge in [-0.05, 0) is 80.2 Å². The average molecular weight is 492 g/mol. The third-order valence-electron chi connectivity index (χ3n) is 11.2. The molecular weight excluding hydrogens is 454 g/mol. The number of anilines is 1. The number of imide groups is 1. The van der Waals surface area contributed by atoms with Crippen molar-refractivity contribution < 1.29 is 24.6 Å². The van der Waals surface area contributed by atoms with Crippen LogP contribution in [-0.4, -0.2) is 28.0 Å². The number of fused-ring (bicyclic) bond motifs is 1. The van der Waals surface area contributed by atoms with E-state index in [1.807, 2.05) is 6.92 Å². The Morgan fingerprint density at radius 2 is 1.83 bits per heavy atom. The van der Waals surface area contributed by atoms with Gasteiger partial charge in [0.2, 0.25) is 11.8 Å². The monoisotopic (exact) mass is 491 g/mol. The standard InChI is InChI=1S/C30H37NO5/c1-16(2)20-15-30-12-9-21-28(3,10-6-11-29(21,4)27(35)36)22(30)14-19(20)23-24(30)26(34)31(25(23)33)17-7-5-8-18(32)13-17/h5,7-8,13,15-16,19,21-24,32H,6,9-12,14H2,1-4H3,(H,35,36)/t19-,21-,22-,23-,24+,28+,29-,30+/m0/s1. The molecule has 0 radical (unpaired) electrons. The number of hydrogen-bond acceptors (Lipinski definition) is 4. The SMILES string of the molecule is CC(C)C1=C[C@]23CC[C@H]4[C@@](C)(CCC[C@]4(C)C(=O)O)[C@@H]2C[C@@H]1[C@@H]1C(=O)N(c2cccc(O)c2)C(=O)[C@@H]13. The first kappa shape index (κ1) is 23.7. The van der Waals surface area contributed by atoms with E-state index in [0.29, 0.717) is 12.1 Å². The number of phenolic OH excluding ortho intramolecular Hbond substituents is 1. The molecule has 1 aromatic carbocycles. The van der Waals surface area contributed by atoms with Crippen molar-refractivity contribution in [3.05, 3.63) is 35.9 Å². The van der Waals surface area contributed by atoms with E-state index in [2.05, 4.69) is 26.8 Å². The van der Waals surface area contributed by atoms with Crippen LogP contribution in [0.5, 0.6) is 5.75 Å². The van der Waals surface area contributed by atoms with Crippen LogP contribution in [0.2, 0.25) is 0 Å². The molecule has 1 heterocycles. The minimum Gasteiger partial charge on any atom is -0.508 e. The molecule has 4 fully saturated rings. The fourth-order valence-electron chi connectivity index (χ4n) is 9.84. The number of carboxylic acids is 1. The Hall–Kier alpha value is -2.63. The summed E-state index contributed by atoms with van der Waals surface area (Å²) in [7, 11) is 0. The molecule has 2 N–H and O–H groups in total. The van der Waals surface area contributed by atoms with E-state index in [1.54, 1.807) is 18.2 Å². The Bertz CT molecular complexity index is 1200. The van der Waals surface area contributed by atoms with Gasteiger partial charge in [0.1, 0.15) is 5.75 Å². The molecule has 36 heavy (non-hydrogen) atoms. The van der Waals surface area contributed by atoms with E-state index in [0.717, 1.165) is 32.1 Å². The molecule has 6 aliphatic rings. The normalized spacial score (nSPS) is 43.2. The summed E-state index contributed by atoms with van der Waals surface area (Å²) in [6, 6.07) is 6.43. The summed E-state index contributed by atoms with van der Waals surface area (Å²) in [6.45, 7) is 8.58. The lowest BCUT2D eigenvalue weighted by atomic mass is 9.34. The molecular formula is C30H37NO5. The Morgan fingerprint density at radius 3 is 2.50 bits per heavy atom. The first-order valence-electron chi connectivity index (χ1n) is 13.6. The second kappa shape index (κ2) is 7.45. The molecule has 3 saturated carbocycles. The summed E-state index contributed by atoms with van der Waals surface area (Å²) in [4.78, 5) is 42.0. The van der Waals surface area contributed by atoms with Crippen LogP contribution in [0.1, 0.15) is 66.2 Å². The van der Waals surface area contributed by atoms with Gasteiger partial charge in [-0.3, -0.25) is 14.4 Å². The van der Waals surface area contributed by atoms with Crippen molar-refractivity contribution in [2.24, 2.45) is 51.8 Å². The van der Waals surface area contributed by atoms with Crippen LogP contribution in [0.3, 0.4) is 0 Å². The molecule has 192 valence electrons. The van der Waals surface area contributed by atoms with Crippen molar-refractivity contribution >= 4 is 23.5 Å². The number of carbonyl (C=O) groups is 3. The predicted molar refractivity (Wildman–Crippen MR) is 135 cm³/mol. The number of aliphatic carboxylic acids is 1. The van der Waals surface area contributed by atoms with Gasteiger partial charge in [0.25, 0.3) is 0 Å². The highest BCUT2D eigenvalue weighted by atomic mass is 16.4. The fraction of sp³-hybridized carbons (Fsp3) is 0.633. The highest BCUT2D eigenvalue weighted by Crippen LogP contribution is 2.74. The number of carbonyl (C=O) groups excluding carboxylic acids is 2. The zero-order valence-corrected chi connectivity index (χ0v) is 21.7. The lowest BCUT2D eigenvalue weighted by molar-refractivity contribution is -0.194. The van der Waals surface area contributed by atoms with Gasteiger partial charge < -0.3 is 10.2 Å². The van der Waals surface area contributed by atoms with Crippen molar-refractivity contribution in [2.75, 3.05) is 4.90 Å². The second-order valence-corrected chi connectivity index (χ2v) is 13.0. The molecule has 6 nitrogen and oxygen atoms in total. The van der Waals surface area contributed by atoms with Gasteiger partial charge in [0.05, 0.1) is 22.9 Å². The summed E-state index contributed by atoms with van der Waals surface area (Å²) in [5.74, 6) is -1.24. The first-order chi connectivity index (χ1) is 17.0. The van der Waals surface area contributed by atoms with Crippen LogP contribution in [0, 0.1) is 51.8 Å². The van der Waals surface area contributed by atoms with Crippen molar-refractivity contribution in [1.29, 1.82) is 0 Å². The fourth-order valence-corrected chi connectivity index (χ4v) is 9.84. The van der Waals surface area contributed by atoms with Gasteiger partial charge >= 0.3 is 5.97 Å². The van der Waals surface area contributed by atoms with Gasteiger partial charge in [0, 0.05) is 11.5 Å². The highest BCUT2D eigenvalue weighted by Gasteiger charge is 2.73. The number of benzene rings is 1. The van der Waals surface area contributed by atoms with E-state index in [1.165, 1.54) is 16.5 Å². The van der Waals surface area contributed by atoms with Gasteiger partial charge in [-0.1, -0.05) is 44.9 Å². The van der Waals surface area contributed by atoms with Gasteiger partial charge in [-0.2, -0.15) is 0 Å². The van der Waals surface area contributed by atoms with Crippen LogP contribution in [-0.2, 0) is 14.4 Å². The number of carboxylic acid groups (broad SMARTS) is 1. The predicted octanol–water partition coefficient (Wildman–Crippen LogP) is 5.41. The van der Waals surface area contributed by atoms with Gasteiger partial charge in [0.15, 0.2) is 0 Å². The Morgan fingerprint density at radius 1 is 1.08 bits per heavy atom. The number of allylic oxidation sites excluding steroid dienone is 2. The van der Waals surface area contributed by atoms with Crippen LogP contribution >= 0.6 is 0 Å². The summed E-state index contributed by atoms with van der Waals surface area (Å²) >= 11 is 0. The lowest BCUT2D eigenvalue weighted by Crippen LogP contribution is -2.65. The quantitative estimate of drug-likeness (QED) is 0.436. The maximum atomic E-state index is 14.2. The van der Waals surface area contributed by atoms with Crippen LogP contribution in [0.15, 0.2) is 35.9 Å². The Balaban J connectivity index is 1.50. The molecule has 1 aromatic rings. The molecule has 2 amide bonds. The van der Waals surface area contributed by atoms with Crippen molar-refractivity contribution in [3.8, 4) is 5.75 Å². The molecule has 7 rings (SSSR count). The molecule has 1 aliphatic heterocycles. The molecule has 1 saturated heterocycles. The van der Waals surface area contributed by atoms with E-state index in [-0.39, 0.29) is 52.6 Å². The molecule has 8 atom stereocenters. The molecule has 0 aromatic heterocycles. The van der Waals surface area contributed by atoms with E-state index < -0.39 is 22.7 Å². The summed E-state index contributed by atoms with van der Waals surface area (Å²) < 4.78 is 0. The molecule has 1 spiro atoms. The largest absolute Gasteiger partial charge is 0.508 e. The summed E-state index contributed by atoms with van der Waals surface area (Å²) in [5, 5.41) is 20.3. The Labute approximate surface area is 212 Å². The zero-order valence-electron chi connectivity index (χ0n) is 21.7. The van der Waals surface area contributed by atoms with Crippen LogP contribution < -0.4 is 4.90 Å². The maximum absolute atomic E-state index is 14.2. The minimum absolute atomic E-state index is 0.00535. The van der Waals surface area contributed by atoms with E-state index in [9.17, 15) is 24.6 Å². The van der Waals surface area contributed by atoms with Crippen molar-refractivity contribution in [2.45, 2.75) is 66.2 Å². The lowest BCUT2D eigenvalue weighted by Gasteiger charge is -2.68. The van der Waals surface area contributed by atoms with Crippen molar-refractivity contribution in [1.82, 2.24) is 0 Å². The van der Waals surface area contributed by atoms with Crippen LogP contribution in [0.25, 0.3) is 0 Å². The van der Waals surface area contributed by atoms with E-state index >= 15 is 0 Å². The Kier molecular flexibility index (Phi) is 4.92. The highest BCUT2D eigenvalue weighted by molar-refractivity contribution is 6.23.